The molecule has 0 bridgehead atoms. The number of hydrogen-bond donors (Lipinski definition) is 1. The van der Waals surface area contributed by atoms with E-state index in [0.29, 0.717) is 37.3 Å². The highest BCUT2D eigenvalue weighted by molar-refractivity contribution is 6.09. The number of benzene rings is 2. The Hall–Kier alpha value is -4.14. The number of carbonyl (C=O) groups is 4. The van der Waals surface area contributed by atoms with Crippen molar-refractivity contribution in [3.05, 3.63) is 71.5 Å². The number of nitrogens with one attached hydrogen (secondary N) is 1. The lowest BCUT2D eigenvalue weighted by atomic mass is 9.91. The first-order valence-corrected chi connectivity index (χ1v) is 11.5. The summed E-state index contributed by atoms with van der Waals surface area (Å²) in [5, 5.41) is 3.59. The molecule has 0 radical (unpaired) electrons. The van der Waals surface area contributed by atoms with Gasteiger partial charge in [-0.15, -0.1) is 0 Å². The van der Waals surface area contributed by atoms with Gasteiger partial charge in [-0.1, -0.05) is 48.0 Å². The lowest BCUT2D eigenvalue weighted by molar-refractivity contribution is -0.139. The topological polar surface area (TPSA) is 103 Å². The average Bonchev–Trinajstić information content (AvgIpc) is 3.39. The Morgan fingerprint density at radius 1 is 0.971 bits per heavy atom. The quantitative estimate of drug-likeness (QED) is 0.586. The van der Waals surface area contributed by atoms with Gasteiger partial charge >= 0.3 is 6.03 Å². The molecule has 0 saturated carbocycles. The summed E-state index contributed by atoms with van der Waals surface area (Å²) in [5.41, 5.74) is 1.13. The minimum Gasteiger partial charge on any atom is -0.451 e. The number of para-hydroxylation sites is 1. The van der Waals surface area contributed by atoms with Gasteiger partial charge < -0.3 is 19.5 Å². The first-order valence-electron chi connectivity index (χ1n) is 11.5. The largest absolute Gasteiger partial charge is 0.451 e. The molecular formula is C26H26N4O5. The van der Waals surface area contributed by atoms with Gasteiger partial charge in [0.25, 0.3) is 11.8 Å². The maximum Gasteiger partial charge on any atom is 0.325 e. The third-order valence-corrected chi connectivity index (χ3v) is 6.75. The van der Waals surface area contributed by atoms with E-state index in [-0.39, 0.29) is 24.1 Å². The van der Waals surface area contributed by atoms with Crippen molar-refractivity contribution in [2.45, 2.75) is 19.4 Å². The fourth-order valence-electron chi connectivity index (χ4n) is 4.56. The molecule has 3 aromatic rings. The molecular weight excluding hydrogens is 448 g/mol. The highest BCUT2D eigenvalue weighted by atomic mass is 16.3. The fourth-order valence-corrected chi connectivity index (χ4v) is 4.56. The molecule has 0 spiro atoms. The van der Waals surface area contributed by atoms with E-state index in [4.69, 9.17) is 4.42 Å². The molecule has 9 nitrogen and oxygen atoms in total. The molecule has 3 heterocycles. The molecule has 1 atom stereocenters. The van der Waals surface area contributed by atoms with Crippen molar-refractivity contribution < 1.29 is 23.6 Å². The van der Waals surface area contributed by atoms with Gasteiger partial charge in [0.2, 0.25) is 5.91 Å². The number of piperazine rings is 1. The Balaban J connectivity index is 1.20. The average molecular weight is 475 g/mol. The normalized spacial score (nSPS) is 20.5. The fraction of sp³-hybridized carbons (Fsp3) is 0.308. The molecule has 1 unspecified atom stereocenters. The smallest absolute Gasteiger partial charge is 0.325 e. The molecule has 2 aliphatic heterocycles. The van der Waals surface area contributed by atoms with E-state index >= 15 is 0 Å². The molecule has 9 heteroatoms. The molecule has 35 heavy (non-hydrogen) atoms. The van der Waals surface area contributed by atoms with Crippen molar-refractivity contribution in [3.8, 4) is 0 Å². The van der Waals surface area contributed by atoms with Crippen molar-refractivity contribution in [3.63, 3.8) is 0 Å². The van der Waals surface area contributed by atoms with E-state index in [9.17, 15) is 19.2 Å². The third kappa shape index (κ3) is 4.03. The van der Waals surface area contributed by atoms with E-state index in [0.717, 1.165) is 15.8 Å². The van der Waals surface area contributed by atoms with E-state index < -0.39 is 17.5 Å². The summed E-state index contributed by atoms with van der Waals surface area (Å²) in [6, 6.07) is 15.9. The zero-order valence-electron chi connectivity index (χ0n) is 19.6. The SMILES string of the molecule is Cc1ccc(C2(C)NC(=O)N(CC(=O)N3CCN(C(=O)c4cc5ccccc5o4)CC3)C2=O)cc1. The van der Waals surface area contributed by atoms with Crippen LogP contribution in [0.2, 0.25) is 0 Å². The van der Waals surface area contributed by atoms with Crippen LogP contribution in [0.1, 0.15) is 28.6 Å². The maximum atomic E-state index is 13.1. The number of carbonyl (C=O) groups excluding carboxylic acids is 4. The molecule has 2 aliphatic rings. The van der Waals surface area contributed by atoms with Gasteiger partial charge in [0.05, 0.1) is 0 Å². The summed E-state index contributed by atoms with van der Waals surface area (Å²) in [6.45, 7) is 4.53. The predicted octanol–water partition coefficient (Wildman–Crippen LogP) is 2.49. The molecule has 2 saturated heterocycles. The molecule has 1 N–H and O–H groups in total. The van der Waals surface area contributed by atoms with Gasteiger partial charge in [-0.05, 0) is 31.5 Å². The Bertz CT molecular complexity index is 1290. The summed E-state index contributed by atoms with van der Waals surface area (Å²) in [5.74, 6) is -0.757. The van der Waals surface area contributed by atoms with Crippen molar-refractivity contribution in [2.24, 2.45) is 0 Å². The number of nitrogens with zero attached hydrogens (tertiary/aromatic N) is 3. The van der Waals surface area contributed by atoms with Crippen LogP contribution in [0.25, 0.3) is 11.0 Å². The number of rotatable bonds is 4. The summed E-state index contributed by atoms with van der Waals surface area (Å²) >= 11 is 0. The number of furan rings is 1. The number of aryl methyl sites for hydroxylation is 1. The van der Waals surface area contributed by atoms with Crippen LogP contribution in [0.4, 0.5) is 4.79 Å². The highest BCUT2D eigenvalue weighted by Crippen LogP contribution is 2.29. The van der Waals surface area contributed by atoms with Crippen LogP contribution in [-0.2, 0) is 15.1 Å². The lowest BCUT2D eigenvalue weighted by Gasteiger charge is -2.34. The second kappa shape index (κ2) is 8.57. The van der Waals surface area contributed by atoms with Crippen LogP contribution in [0.3, 0.4) is 0 Å². The second-order valence-electron chi connectivity index (χ2n) is 9.13. The van der Waals surface area contributed by atoms with E-state index in [1.54, 1.807) is 34.9 Å². The molecule has 1 aromatic heterocycles. The summed E-state index contributed by atoms with van der Waals surface area (Å²) in [4.78, 5) is 55.7. The van der Waals surface area contributed by atoms with Crippen LogP contribution < -0.4 is 5.32 Å². The zero-order chi connectivity index (χ0) is 24.7. The van der Waals surface area contributed by atoms with Gasteiger partial charge in [-0.2, -0.15) is 0 Å². The minimum absolute atomic E-state index is 0.226. The molecule has 5 rings (SSSR count). The van der Waals surface area contributed by atoms with Crippen molar-refractivity contribution in [2.75, 3.05) is 32.7 Å². The standard InChI is InChI=1S/C26H26N4O5/c1-17-7-9-19(10-8-17)26(2)24(33)30(25(34)27-26)16-22(31)28-11-13-29(14-12-28)23(32)21-15-18-5-3-4-6-20(18)35-21/h3-10,15H,11-14,16H2,1-2H3,(H,27,34). The summed E-state index contributed by atoms with van der Waals surface area (Å²) < 4.78 is 5.67. The molecule has 180 valence electrons. The van der Waals surface area contributed by atoms with Gasteiger partial charge in [-0.3, -0.25) is 19.3 Å². The van der Waals surface area contributed by atoms with Crippen molar-refractivity contribution >= 4 is 34.7 Å². The summed E-state index contributed by atoms with van der Waals surface area (Å²) in [6.07, 6.45) is 0. The molecule has 2 fully saturated rings. The number of amides is 5. The number of imide groups is 1. The van der Waals surface area contributed by atoms with Gasteiger partial charge in [0.1, 0.15) is 17.7 Å². The van der Waals surface area contributed by atoms with Crippen LogP contribution in [0.5, 0.6) is 0 Å². The van der Waals surface area contributed by atoms with Crippen molar-refractivity contribution in [1.82, 2.24) is 20.0 Å². The molecule has 0 aliphatic carbocycles. The first kappa shape index (κ1) is 22.6. The number of urea groups is 1. The Morgan fingerprint density at radius 3 is 2.31 bits per heavy atom. The van der Waals surface area contributed by atoms with Gasteiger partial charge in [0, 0.05) is 31.6 Å². The van der Waals surface area contributed by atoms with Crippen LogP contribution in [0.15, 0.2) is 59.0 Å². The van der Waals surface area contributed by atoms with E-state index in [1.807, 2.05) is 43.3 Å². The minimum atomic E-state index is -1.22. The maximum absolute atomic E-state index is 13.1. The van der Waals surface area contributed by atoms with Crippen LogP contribution in [-0.4, -0.2) is 71.2 Å². The number of fused-ring (bicyclic) bond motifs is 1. The van der Waals surface area contributed by atoms with Crippen LogP contribution >= 0.6 is 0 Å². The Labute approximate surface area is 202 Å². The van der Waals surface area contributed by atoms with Crippen molar-refractivity contribution in [1.29, 1.82) is 0 Å². The highest BCUT2D eigenvalue weighted by Gasteiger charge is 2.49. The van der Waals surface area contributed by atoms with E-state index in [1.165, 1.54) is 0 Å². The monoisotopic (exact) mass is 474 g/mol. The molecule has 5 amide bonds. The predicted molar refractivity (Wildman–Crippen MR) is 127 cm³/mol. The second-order valence-corrected chi connectivity index (χ2v) is 9.13. The third-order valence-electron chi connectivity index (χ3n) is 6.75. The Morgan fingerprint density at radius 2 is 1.63 bits per heavy atom. The van der Waals surface area contributed by atoms with Crippen LogP contribution in [0, 0.1) is 6.92 Å². The first-order chi connectivity index (χ1) is 16.8. The number of hydrogen-bond acceptors (Lipinski definition) is 5. The summed E-state index contributed by atoms with van der Waals surface area (Å²) in [7, 11) is 0. The van der Waals surface area contributed by atoms with Gasteiger partial charge in [0.15, 0.2) is 5.76 Å². The van der Waals surface area contributed by atoms with E-state index in [2.05, 4.69) is 5.32 Å². The lowest BCUT2D eigenvalue weighted by Crippen LogP contribution is -2.53. The Kier molecular flexibility index (Phi) is 5.55. The zero-order valence-corrected chi connectivity index (χ0v) is 19.6. The van der Waals surface area contributed by atoms with Gasteiger partial charge in [-0.25, -0.2) is 4.79 Å². The molecule has 2 aromatic carbocycles.